The van der Waals surface area contributed by atoms with Gasteiger partial charge in [-0.15, -0.1) is 25.3 Å². The highest BCUT2D eigenvalue weighted by atomic mass is 32.2. The summed E-state index contributed by atoms with van der Waals surface area (Å²) in [5.74, 6) is -2.79. The van der Waals surface area contributed by atoms with Gasteiger partial charge in [0.25, 0.3) is 0 Å². The van der Waals surface area contributed by atoms with E-state index in [0.29, 0.717) is 0 Å². The molecule has 0 heterocycles. The van der Waals surface area contributed by atoms with Gasteiger partial charge in [0.15, 0.2) is 4.08 Å². The average molecular weight is 242 g/mol. The lowest BCUT2D eigenvalue weighted by molar-refractivity contribution is -0.146. The van der Waals surface area contributed by atoms with E-state index in [-0.39, 0.29) is 6.42 Å². The molecule has 0 aromatic heterocycles. The van der Waals surface area contributed by atoms with Crippen LogP contribution >= 0.6 is 37.9 Å². The second-order valence-corrected chi connectivity index (χ2v) is 4.95. The van der Waals surface area contributed by atoms with Gasteiger partial charge >= 0.3 is 11.9 Å². The number of rotatable bonds is 4. The van der Waals surface area contributed by atoms with E-state index in [1.807, 2.05) is 0 Å². The van der Waals surface area contributed by atoms with Crippen LogP contribution in [0.15, 0.2) is 0 Å². The van der Waals surface area contributed by atoms with Crippen molar-refractivity contribution in [2.24, 2.45) is 0 Å². The number of carboxylic acid groups (broad SMARTS) is 2. The summed E-state index contributed by atoms with van der Waals surface area (Å²) in [6.45, 7) is 1.51. The summed E-state index contributed by atoms with van der Waals surface area (Å²) < 4.78 is -3.80. The van der Waals surface area contributed by atoms with Gasteiger partial charge in [0, 0.05) is 0 Å². The van der Waals surface area contributed by atoms with Gasteiger partial charge in [-0.25, -0.2) is 4.79 Å². The first-order chi connectivity index (χ1) is 5.70. The van der Waals surface area contributed by atoms with E-state index in [4.69, 9.17) is 10.2 Å². The topological polar surface area (TPSA) is 74.6 Å². The normalized spacial score (nSPS) is 16.3. The highest BCUT2D eigenvalue weighted by Gasteiger charge is 2.54. The zero-order valence-electron chi connectivity index (χ0n) is 6.76. The Morgan fingerprint density at radius 2 is 1.54 bits per heavy atom. The van der Waals surface area contributed by atoms with Crippen LogP contribution in [0.3, 0.4) is 0 Å². The molecule has 0 aliphatic rings. The van der Waals surface area contributed by atoms with Crippen molar-refractivity contribution in [3.8, 4) is 0 Å². The first-order valence-corrected chi connectivity index (χ1v) is 4.68. The highest BCUT2D eigenvalue weighted by Crippen LogP contribution is 2.41. The molecule has 0 amide bonds. The molecule has 0 fully saturated rings. The SMILES string of the molecule is CCC(S)(C(=O)O)C(S)(S)C(=O)O. The van der Waals surface area contributed by atoms with Gasteiger partial charge in [-0.1, -0.05) is 6.92 Å². The second kappa shape index (κ2) is 4.02. The van der Waals surface area contributed by atoms with E-state index in [2.05, 4.69) is 37.9 Å². The van der Waals surface area contributed by atoms with Gasteiger partial charge in [0.1, 0.15) is 4.75 Å². The molecule has 4 nitrogen and oxygen atoms in total. The number of carbonyl (C=O) groups is 2. The van der Waals surface area contributed by atoms with E-state index in [9.17, 15) is 9.59 Å². The van der Waals surface area contributed by atoms with Crippen LogP contribution in [0.25, 0.3) is 0 Å². The third-order valence-electron chi connectivity index (χ3n) is 1.74. The molecule has 76 valence electrons. The molecule has 0 saturated carbocycles. The number of hydrogen-bond donors (Lipinski definition) is 5. The summed E-state index contributed by atoms with van der Waals surface area (Å²) in [6.07, 6.45) is 0.00471. The number of hydrogen-bond acceptors (Lipinski definition) is 5. The van der Waals surface area contributed by atoms with Crippen molar-refractivity contribution in [3.63, 3.8) is 0 Å². The molecular formula is C6H10O4S3. The third kappa shape index (κ3) is 2.08. The number of thiol groups is 3. The fourth-order valence-electron chi connectivity index (χ4n) is 0.724. The summed E-state index contributed by atoms with van der Waals surface area (Å²) >= 11 is 11.2. The molecule has 1 atom stereocenters. The highest BCUT2D eigenvalue weighted by molar-refractivity contribution is 8.03. The van der Waals surface area contributed by atoms with E-state index in [1.165, 1.54) is 6.92 Å². The molecule has 1 unspecified atom stereocenters. The predicted molar refractivity (Wildman–Crippen MR) is 58.0 cm³/mol. The molecule has 7 heteroatoms. The molecule has 0 aromatic carbocycles. The fraction of sp³-hybridized carbons (Fsp3) is 0.667. The summed E-state index contributed by atoms with van der Waals surface area (Å²) in [7, 11) is 0. The Morgan fingerprint density at radius 1 is 1.15 bits per heavy atom. The maximum Gasteiger partial charge on any atom is 0.331 e. The van der Waals surface area contributed by atoms with Crippen LogP contribution in [0.2, 0.25) is 0 Å². The first-order valence-electron chi connectivity index (χ1n) is 3.34. The summed E-state index contributed by atoms with van der Waals surface area (Å²) in [6, 6.07) is 0. The number of carboxylic acids is 2. The maximum absolute atomic E-state index is 10.8. The van der Waals surface area contributed by atoms with Crippen molar-refractivity contribution < 1.29 is 19.8 Å². The lowest BCUT2D eigenvalue weighted by atomic mass is 10.0. The molecule has 0 aliphatic carbocycles. The standard InChI is InChI=1S/C6H10O4S3/c1-2-5(11,3(7)8)6(12,13)4(9)10/h11-13H,2H2,1H3,(H,7,8)(H,9,10). The van der Waals surface area contributed by atoms with Gasteiger partial charge in [-0.2, -0.15) is 12.6 Å². The third-order valence-corrected chi connectivity index (χ3v) is 4.08. The zero-order valence-corrected chi connectivity index (χ0v) is 9.44. The molecule has 0 spiro atoms. The molecular weight excluding hydrogens is 232 g/mol. The van der Waals surface area contributed by atoms with Crippen molar-refractivity contribution in [2.45, 2.75) is 22.2 Å². The predicted octanol–water partition coefficient (Wildman–Crippen LogP) is 0.790. The monoisotopic (exact) mass is 242 g/mol. The van der Waals surface area contributed by atoms with E-state index in [0.717, 1.165) is 0 Å². The van der Waals surface area contributed by atoms with Crippen LogP contribution in [-0.4, -0.2) is 31.0 Å². The van der Waals surface area contributed by atoms with Gasteiger partial charge < -0.3 is 10.2 Å². The van der Waals surface area contributed by atoms with Crippen molar-refractivity contribution in [1.29, 1.82) is 0 Å². The molecule has 0 rings (SSSR count). The van der Waals surface area contributed by atoms with Crippen LogP contribution in [-0.2, 0) is 9.59 Å². The molecule has 0 aliphatic heterocycles. The van der Waals surface area contributed by atoms with Gasteiger partial charge in [-0.05, 0) is 6.42 Å². The molecule has 0 saturated heterocycles. The van der Waals surface area contributed by atoms with Crippen LogP contribution in [0.1, 0.15) is 13.3 Å². The smallest absolute Gasteiger partial charge is 0.331 e. The maximum atomic E-state index is 10.8. The average Bonchev–Trinajstić information content (AvgIpc) is 2.01. The van der Waals surface area contributed by atoms with E-state index in [1.54, 1.807) is 0 Å². The zero-order chi connectivity index (χ0) is 10.9. The molecule has 0 radical (unpaired) electrons. The molecule has 0 aromatic rings. The van der Waals surface area contributed by atoms with Crippen molar-refractivity contribution in [3.05, 3.63) is 0 Å². The van der Waals surface area contributed by atoms with E-state index < -0.39 is 20.8 Å². The quantitative estimate of drug-likeness (QED) is 0.373. The van der Waals surface area contributed by atoms with Crippen LogP contribution in [0.4, 0.5) is 0 Å². The largest absolute Gasteiger partial charge is 0.480 e. The lowest BCUT2D eigenvalue weighted by Crippen LogP contribution is -2.52. The minimum Gasteiger partial charge on any atom is -0.480 e. The Balaban J connectivity index is 5.19. The fourth-order valence-corrected chi connectivity index (χ4v) is 1.33. The molecule has 2 N–H and O–H groups in total. The van der Waals surface area contributed by atoms with Crippen molar-refractivity contribution in [2.75, 3.05) is 0 Å². The Kier molecular flexibility index (Phi) is 4.01. The first kappa shape index (κ1) is 13.0. The van der Waals surface area contributed by atoms with Crippen LogP contribution < -0.4 is 0 Å². The van der Waals surface area contributed by atoms with Crippen LogP contribution in [0.5, 0.6) is 0 Å². The minimum atomic E-state index is -2.00. The Morgan fingerprint density at radius 3 is 1.62 bits per heavy atom. The summed E-state index contributed by atoms with van der Waals surface area (Å²) in [5, 5.41) is 17.5. The van der Waals surface area contributed by atoms with Crippen molar-refractivity contribution >= 4 is 49.8 Å². The number of aliphatic carboxylic acids is 2. The lowest BCUT2D eigenvalue weighted by Gasteiger charge is -2.33. The summed E-state index contributed by atoms with van der Waals surface area (Å²) in [4.78, 5) is 21.4. The second-order valence-electron chi connectivity index (χ2n) is 2.50. The van der Waals surface area contributed by atoms with Crippen molar-refractivity contribution in [1.82, 2.24) is 0 Å². The van der Waals surface area contributed by atoms with E-state index >= 15 is 0 Å². The Labute approximate surface area is 91.9 Å². The van der Waals surface area contributed by atoms with Gasteiger partial charge in [-0.3, -0.25) is 4.79 Å². The molecule has 0 bridgehead atoms. The Hall–Kier alpha value is -0.0100. The molecule has 13 heavy (non-hydrogen) atoms. The van der Waals surface area contributed by atoms with Gasteiger partial charge in [0.2, 0.25) is 0 Å². The summed E-state index contributed by atoms with van der Waals surface area (Å²) in [5.41, 5.74) is 0. The Bertz CT molecular complexity index is 240. The van der Waals surface area contributed by atoms with Crippen LogP contribution in [0, 0.1) is 0 Å². The van der Waals surface area contributed by atoms with Gasteiger partial charge in [0.05, 0.1) is 0 Å². The minimum absolute atomic E-state index is 0.00471.